The van der Waals surface area contributed by atoms with E-state index in [1.807, 2.05) is 22.6 Å². The summed E-state index contributed by atoms with van der Waals surface area (Å²) in [6, 6.07) is 3.15. The second-order valence-electron chi connectivity index (χ2n) is 3.06. The molecule has 0 amide bonds. The molecule has 0 heterocycles. The molecule has 0 spiro atoms. The highest BCUT2D eigenvalue weighted by Crippen LogP contribution is 2.29. The van der Waals surface area contributed by atoms with Crippen molar-refractivity contribution in [3.05, 3.63) is 32.4 Å². The molecule has 4 heteroatoms. The summed E-state index contributed by atoms with van der Waals surface area (Å²) in [7, 11) is 0. The smallest absolute Gasteiger partial charge is 0.265 e. The first-order valence-corrected chi connectivity index (χ1v) is 5.10. The van der Waals surface area contributed by atoms with Crippen LogP contribution in [0.15, 0.2) is 12.1 Å². The Morgan fingerprint density at radius 3 is 2.43 bits per heavy atom. The van der Waals surface area contributed by atoms with Gasteiger partial charge in [0.2, 0.25) is 0 Å². The summed E-state index contributed by atoms with van der Waals surface area (Å²) >= 11 is 1.83. The van der Waals surface area contributed by atoms with Gasteiger partial charge in [0.15, 0.2) is 5.78 Å². The first kappa shape index (κ1) is 11.6. The van der Waals surface area contributed by atoms with Crippen molar-refractivity contribution in [3.63, 3.8) is 0 Å². The number of carbonyl (C=O) groups is 1. The minimum absolute atomic E-state index is 0.129. The molecule has 0 atom stereocenters. The molecular weight excluding hydrogens is 301 g/mol. The van der Waals surface area contributed by atoms with Gasteiger partial charge in [-0.3, -0.25) is 4.79 Å². The standard InChI is InChI=1S/C10H9F2IO/c1-5-3-7(6(2)14)9(10(11)12)8(13)4-5/h3-4,10H,1-2H3. The average Bonchev–Trinajstić information content (AvgIpc) is 2.01. The fourth-order valence-corrected chi connectivity index (χ4v) is 2.28. The number of Topliss-reactive ketones (excluding diaryl/α,β-unsaturated/α-hetero) is 1. The van der Waals surface area contributed by atoms with Crippen LogP contribution in [0.5, 0.6) is 0 Å². The van der Waals surface area contributed by atoms with Crippen molar-refractivity contribution < 1.29 is 13.6 Å². The molecule has 0 fully saturated rings. The van der Waals surface area contributed by atoms with Gasteiger partial charge in [0.1, 0.15) is 0 Å². The molecule has 0 bridgehead atoms. The second-order valence-corrected chi connectivity index (χ2v) is 4.23. The lowest BCUT2D eigenvalue weighted by molar-refractivity contribution is 0.0998. The maximum Gasteiger partial charge on any atom is 0.265 e. The van der Waals surface area contributed by atoms with Crippen molar-refractivity contribution in [3.8, 4) is 0 Å². The van der Waals surface area contributed by atoms with Crippen molar-refractivity contribution in [2.24, 2.45) is 0 Å². The highest BCUT2D eigenvalue weighted by atomic mass is 127. The maximum atomic E-state index is 12.6. The molecule has 1 nitrogen and oxygen atoms in total. The molecule has 0 saturated heterocycles. The van der Waals surface area contributed by atoms with E-state index in [4.69, 9.17) is 0 Å². The Morgan fingerprint density at radius 2 is 2.00 bits per heavy atom. The minimum Gasteiger partial charge on any atom is -0.294 e. The first-order chi connectivity index (χ1) is 6.43. The van der Waals surface area contributed by atoms with Gasteiger partial charge < -0.3 is 0 Å². The fraction of sp³-hybridized carbons (Fsp3) is 0.300. The minimum atomic E-state index is -2.60. The van der Waals surface area contributed by atoms with Crippen LogP contribution in [0.25, 0.3) is 0 Å². The number of benzene rings is 1. The quantitative estimate of drug-likeness (QED) is 0.601. The van der Waals surface area contributed by atoms with Gasteiger partial charge in [0, 0.05) is 14.7 Å². The van der Waals surface area contributed by atoms with E-state index < -0.39 is 6.43 Å². The number of ketones is 1. The Hall–Kier alpha value is -0.520. The molecule has 0 aromatic heterocycles. The molecule has 14 heavy (non-hydrogen) atoms. The largest absolute Gasteiger partial charge is 0.294 e. The number of hydrogen-bond acceptors (Lipinski definition) is 1. The number of carbonyl (C=O) groups excluding carboxylic acids is 1. The van der Waals surface area contributed by atoms with Crippen LogP contribution in [0.3, 0.4) is 0 Å². The number of hydrogen-bond donors (Lipinski definition) is 0. The number of rotatable bonds is 2. The summed E-state index contributed by atoms with van der Waals surface area (Å²) < 4.78 is 25.7. The van der Waals surface area contributed by atoms with Gasteiger partial charge >= 0.3 is 0 Å². The van der Waals surface area contributed by atoms with Crippen molar-refractivity contribution in [2.75, 3.05) is 0 Å². The van der Waals surface area contributed by atoms with Crippen LogP contribution < -0.4 is 0 Å². The van der Waals surface area contributed by atoms with Crippen LogP contribution in [0, 0.1) is 10.5 Å². The average molecular weight is 310 g/mol. The predicted molar refractivity (Wildman–Crippen MR) is 58.9 cm³/mol. The fourth-order valence-electron chi connectivity index (χ4n) is 1.27. The lowest BCUT2D eigenvalue weighted by atomic mass is 10.0. The topological polar surface area (TPSA) is 17.1 Å². The number of halogens is 3. The SMILES string of the molecule is CC(=O)c1cc(C)cc(I)c1C(F)F. The highest BCUT2D eigenvalue weighted by molar-refractivity contribution is 14.1. The third-order valence-corrected chi connectivity index (χ3v) is 2.76. The molecule has 0 N–H and O–H groups in total. The van der Waals surface area contributed by atoms with Crippen LogP contribution in [-0.2, 0) is 0 Å². The molecule has 0 unspecified atom stereocenters. The summed E-state index contributed by atoms with van der Waals surface area (Å²) in [5.74, 6) is -0.318. The molecule has 76 valence electrons. The lowest BCUT2D eigenvalue weighted by Crippen LogP contribution is -2.03. The number of alkyl halides is 2. The van der Waals surface area contributed by atoms with Gasteiger partial charge in [-0.25, -0.2) is 8.78 Å². The summed E-state index contributed by atoms with van der Waals surface area (Å²) in [6.07, 6.45) is -2.60. The predicted octanol–water partition coefficient (Wildman–Crippen LogP) is 3.74. The van der Waals surface area contributed by atoms with Gasteiger partial charge in [0.25, 0.3) is 6.43 Å². The van der Waals surface area contributed by atoms with Crippen molar-refractivity contribution >= 4 is 28.4 Å². The van der Waals surface area contributed by atoms with Crippen LogP contribution in [0.1, 0.15) is 34.8 Å². The van der Waals surface area contributed by atoms with Gasteiger partial charge in [-0.05, 0) is 54.1 Å². The van der Waals surface area contributed by atoms with E-state index in [-0.39, 0.29) is 16.9 Å². The Morgan fingerprint density at radius 1 is 1.43 bits per heavy atom. The molecule has 0 aliphatic rings. The Bertz CT molecular complexity index is 375. The van der Waals surface area contributed by atoms with Crippen LogP contribution >= 0.6 is 22.6 Å². The van der Waals surface area contributed by atoms with E-state index in [0.717, 1.165) is 5.56 Å². The van der Waals surface area contributed by atoms with Gasteiger partial charge in [-0.2, -0.15) is 0 Å². The molecule has 0 saturated carbocycles. The van der Waals surface area contributed by atoms with Gasteiger partial charge in [-0.15, -0.1) is 0 Å². The van der Waals surface area contributed by atoms with E-state index in [9.17, 15) is 13.6 Å². The van der Waals surface area contributed by atoms with E-state index in [2.05, 4.69) is 0 Å². The normalized spacial score (nSPS) is 10.7. The van der Waals surface area contributed by atoms with E-state index in [0.29, 0.717) is 3.57 Å². The van der Waals surface area contributed by atoms with E-state index >= 15 is 0 Å². The number of aryl methyl sites for hydroxylation is 1. The summed E-state index contributed by atoms with van der Waals surface area (Å²) in [6.45, 7) is 3.08. The molecule has 1 rings (SSSR count). The second kappa shape index (κ2) is 4.33. The lowest BCUT2D eigenvalue weighted by Gasteiger charge is -2.09. The zero-order chi connectivity index (χ0) is 10.9. The summed E-state index contributed by atoms with van der Waals surface area (Å²) in [4.78, 5) is 11.1. The van der Waals surface area contributed by atoms with E-state index in [1.54, 1.807) is 13.0 Å². The zero-order valence-electron chi connectivity index (χ0n) is 7.77. The highest BCUT2D eigenvalue weighted by Gasteiger charge is 2.19. The zero-order valence-corrected chi connectivity index (χ0v) is 9.93. The molecule has 1 aromatic carbocycles. The molecule has 1 aromatic rings. The van der Waals surface area contributed by atoms with Crippen molar-refractivity contribution in [2.45, 2.75) is 20.3 Å². The molecule has 0 aliphatic heterocycles. The van der Waals surface area contributed by atoms with E-state index in [1.165, 1.54) is 13.0 Å². The maximum absolute atomic E-state index is 12.6. The van der Waals surface area contributed by atoms with Crippen LogP contribution in [0.4, 0.5) is 8.78 Å². The third-order valence-electron chi connectivity index (χ3n) is 1.87. The van der Waals surface area contributed by atoms with Crippen LogP contribution in [-0.4, -0.2) is 5.78 Å². The Kier molecular flexibility index (Phi) is 3.58. The Labute approximate surface area is 94.6 Å². The summed E-state index contributed by atoms with van der Waals surface area (Å²) in [5.41, 5.74) is 0.803. The Balaban J connectivity index is 3.44. The van der Waals surface area contributed by atoms with Crippen LogP contribution in [0.2, 0.25) is 0 Å². The van der Waals surface area contributed by atoms with Crippen molar-refractivity contribution in [1.29, 1.82) is 0 Å². The molecule has 0 radical (unpaired) electrons. The molecular formula is C10H9F2IO. The van der Waals surface area contributed by atoms with Gasteiger partial charge in [0.05, 0.1) is 0 Å². The summed E-state index contributed by atoms with van der Waals surface area (Å²) in [5, 5.41) is 0. The first-order valence-electron chi connectivity index (χ1n) is 4.02. The van der Waals surface area contributed by atoms with Gasteiger partial charge in [-0.1, -0.05) is 0 Å². The third kappa shape index (κ3) is 2.29. The van der Waals surface area contributed by atoms with Crippen molar-refractivity contribution in [1.82, 2.24) is 0 Å². The molecule has 0 aliphatic carbocycles. The monoisotopic (exact) mass is 310 g/mol.